The van der Waals surface area contributed by atoms with Crippen LogP contribution in [-0.2, 0) is 16.1 Å². The third kappa shape index (κ3) is 3.41. The summed E-state index contributed by atoms with van der Waals surface area (Å²) in [5.41, 5.74) is 6.50. The summed E-state index contributed by atoms with van der Waals surface area (Å²) in [5.74, 6) is 0.944. The molecule has 2 atom stereocenters. The van der Waals surface area contributed by atoms with Crippen LogP contribution in [0.3, 0.4) is 0 Å². The zero-order valence-electron chi connectivity index (χ0n) is 11.3. The number of carbonyl (C=O) groups excluding carboxylic acids is 1. The van der Waals surface area contributed by atoms with E-state index in [1.54, 1.807) is 13.1 Å². The summed E-state index contributed by atoms with van der Waals surface area (Å²) in [6.07, 6.45) is 4.19. The van der Waals surface area contributed by atoms with Gasteiger partial charge in [-0.3, -0.25) is 4.79 Å². The van der Waals surface area contributed by atoms with Crippen LogP contribution in [0.5, 0.6) is 0 Å². The molecular formula is C13H20N4O2. The van der Waals surface area contributed by atoms with Crippen molar-refractivity contribution in [2.75, 3.05) is 5.73 Å². The number of carbonyl (C=O) groups is 1. The third-order valence-electron chi connectivity index (χ3n) is 3.33. The molecule has 1 amide bonds. The molecule has 0 unspecified atom stereocenters. The lowest BCUT2D eigenvalue weighted by Crippen LogP contribution is -2.34. The van der Waals surface area contributed by atoms with E-state index < -0.39 is 0 Å². The predicted octanol–water partition coefficient (Wildman–Crippen LogP) is 0.941. The molecule has 0 radical (unpaired) electrons. The number of anilines is 1. The lowest BCUT2D eigenvalue weighted by atomic mass is 10.1. The number of amides is 1. The molecule has 1 aliphatic heterocycles. The van der Waals surface area contributed by atoms with Gasteiger partial charge in [-0.25, -0.2) is 9.97 Å². The molecule has 1 fully saturated rings. The van der Waals surface area contributed by atoms with Gasteiger partial charge in [0.05, 0.1) is 6.10 Å². The van der Waals surface area contributed by atoms with Crippen molar-refractivity contribution in [1.29, 1.82) is 0 Å². The van der Waals surface area contributed by atoms with Crippen molar-refractivity contribution in [3.05, 3.63) is 17.6 Å². The highest BCUT2D eigenvalue weighted by atomic mass is 16.5. The van der Waals surface area contributed by atoms with Crippen molar-refractivity contribution in [3.63, 3.8) is 0 Å². The van der Waals surface area contributed by atoms with E-state index in [2.05, 4.69) is 22.2 Å². The molecule has 0 saturated carbocycles. The van der Waals surface area contributed by atoms with Crippen LogP contribution in [-0.4, -0.2) is 28.1 Å². The van der Waals surface area contributed by atoms with Crippen LogP contribution in [0.15, 0.2) is 6.20 Å². The predicted molar refractivity (Wildman–Crippen MR) is 71.2 cm³/mol. The molecule has 1 aliphatic rings. The van der Waals surface area contributed by atoms with Gasteiger partial charge in [-0.1, -0.05) is 6.92 Å². The molecule has 1 saturated heterocycles. The molecule has 2 heterocycles. The van der Waals surface area contributed by atoms with Crippen LogP contribution < -0.4 is 11.1 Å². The minimum Gasteiger partial charge on any atom is -0.383 e. The van der Waals surface area contributed by atoms with Crippen molar-refractivity contribution in [2.24, 2.45) is 0 Å². The van der Waals surface area contributed by atoms with Gasteiger partial charge in [-0.2, -0.15) is 0 Å². The Morgan fingerprint density at radius 3 is 3.00 bits per heavy atom. The second-order valence-electron chi connectivity index (χ2n) is 4.78. The van der Waals surface area contributed by atoms with Crippen molar-refractivity contribution in [3.8, 4) is 0 Å². The van der Waals surface area contributed by atoms with Gasteiger partial charge in [-0.05, 0) is 26.2 Å². The highest BCUT2D eigenvalue weighted by Crippen LogP contribution is 2.22. The fourth-order valence-electron chi connectivity index (χ4n) is 2.14. The lowest BCUT2D eigenvalue weighted by Gasteiger charge is -2.13. The molecule has 3 N–H and O–H groups in total. The largest absolute Gasteiger partial charge is 0.383 e. The summed E-state index contributed by atoms with van der Waals surface area (Å²) >= 11 is 0. The monoisotopic (exact) mass is 264 g/mol. The van der Waals surface area contributed by atoms with E-state index >= 15 is 0 Å². The number of hydrogen-bond acceptors (Lipinski definition) is 5. The average molecular weight is 264 g/mol. The second kappa shape index (κ2) is 5.97. The normalized spacial score (nSPS) is 22.4. The minimum absolute atomic E-state index is 0.0871. The fraction of sp³-hybridized carbons (Fsp3) is 0.615. The molecule has 1 aromatic heterocycles. The van der Waals surface area contributed by atoms with Gasteiger partial charge in [0.25, 0.3) is 0 Å². The molecule has 0 bridgehead atoms. The van der Waals surface area contributed by atoms with Crippen LogP contribution in [0.4, 0.5) is 5.82 Å². The van der Waals surface area contributed by atoms with E-state index in [1.165, 1.54) is 0 Å². The Labute approximate surface area is 112 Å². The molecule has 6 heteroatoms. The van der Waals surface area contributed by atoms with Gasteiger partial charge in [-0.15, -0.1) is 0 Å². The fourth-order valence-corrected chi connectivity index (χ4v) is 2.14. The first kappa shape index (κ1) is 13.7. The van der Waals surface area contributed by atoms with Crippen LogP contribution in [0, 0.1) is 6.92 Å². The zero-order valence-corrected chi connectivity index (χ0v) is 11.3. The maximum atomic E-state index is 11.9. The first-order valence-electron chi connectivity index (χ1n) is 6.61. The number of nitrogens with one attached hydrogen (secondary N) is 1. The van der Waals surface area contributed by atoms with Crippen molar-refractivity contribution >= 4 is 11.7 Å². The number of nitrogens with zero attached hydrogens (tertiary/aromatic N) is 2. The van der Waals surface area contributed by atoms with E-state index in [1.807, 2.05) is 0 Å². The molecule has 0 aliphatic carbocycles. The van der Waals surface area contributed by atoms with Crippen LogP contribution >= 0.6 is 0 Å². The van der Waals surface area contributed by atoms with E-state index in [4.69, 9.17) is 10.5 Å². The zero-order chi connectivity index (χ0) is 13.8. The van der Waals surface area contributed by atoms with E-state index in [0.29, 0.717) is 18.2 Å². The van der Waals surface area contributed by atoms with Gasteiger partial charge in [0.2, 0.25) is 5.91 Å². The maximum absolute atomic E-state index is 11.9. The highest BCUT2D eigenvalue weighted by Gasteiger charge is 2.29. The maximum Gasteiger partial charge on any atom is 0.249 e. The van der Waals surface area contributed by atoms with Crippen molar-refractivity contribution in [1.82, 2.24) is 15.3 Å². The molecule has 6 nitrogen and oxygen atoms in total. The highest BCUT2D eigenvalue weighted by molar-refractivity contribution is 5.81. The van der Waals surface area contributed by atoms with Crippen LogP contribution in [0.2, 0.25) is 0 Å². The van der Waals surface area contributed by atoms with Gasteiger partial charge in [0.1, 0.15) is 17.7 Å². The number of nitrogen functional groups attached to an aromatic ring is 1. The topological polar surface area (TPSA) is 90.1 Å². The number of nitrogens with two attached hydrogens (primary N) is 1. The van der Waals surface area contributed by atoms with Crippen LogP contribution in [0.25, 0.3) is 0 Å². The first-order valence-corrected chi connectivity index (χ1v) is 6.61. The SMILES string of the molecule is CC[C@@H]1CC[C@@H](C(=O)NCc2cnc(C)nc2N)O1. The molecule has 0 spiro atoms. The van der Waals surface area contributed by atoms with Crippen LogP contribution in [0.1, 0.15) is 37.6 Å². The Bertz CT molecular complexity index is 464. The summed E-state index contributed by atoms with van der Waals surface area (Å²) in [5, 5.41) is 2.82. The quantitative estimate of drug-likeness (QED) is 0.844. The van der Waals surface area contributed by atoms with Gasteiger partial charge in [0.15, 0.2) is 0 Å². The molecule has 104 valence electrons. The molecule has 0 aromatic carbocycles. The Balaban J connectivity index is 1.87. The smallest absolute Gasteiger partial charge is 0.249 e. The number of ether oxygens (including phenoxy) is 1. The van der Waals surface area contributed by atoms with E-state index in [0.717, 1.165) is 24.8 Å². The standard InChI is InChI=1S/C13H20N4O2/c1-3-10-4-5-11(19-10)13(18)16-7-9-6-15-8(2)17-12(9)14/h6,10-11H,3-5,7H2,1-2H3,(H,16,18)(H2,14,15,17)/t10-,11+/m1/s1. The number of aromatic nitrogens is 2. The summed E-state index contributed by atoms with van der Waals surface area (Å²) in [4.78, 5) is 20.1. The molecular weight excluding hydrogens is 244 g/mol. The van der Waals surface area contributed by atoms with Gasteiger partial charge in [0, 0.05) is 18.3 Å². The Morgan fingerprint density at radius 2 is 2.37 bits per heavy atom. The van der Waals surface area contributed by atoms with Gasteiger partial charge < -0.3 is 15.8 Å². The van der Waals surface area contributed by atoms with E-state index in [9.17, 15) is 4.79 Å². The number of aryl methyl sites for hydroxylation is 1. The number of hydrogen-bond donors (Lipinski definition) is 2. The lowest BCUT2D eigenvalue weighted by molar-refractivity contribution is -0.132. The molecule has 2 rings (SSSR count). The average Bonchev–Trinajstić information content (AvgIpc) is 2.86. The van der Waals surface area contributed by atoms with E-state index in [-0.39, 0.29) is 18.1 Å². The Hall–Kier alpha value is -1.69. The Morgan fingerprint density at radius 1 is 1.58 bits per heavy atom. The summed E-state index contributed by atoms with van der Waals surface area (Å²) in [6, 6.07) is 0. The molecule has 19 heavy (non-hydrogen) atoms. The summed E-state index contributed by atoms with van der Waals surface area (Å²) in [6.45, 7) is 4.17. The molecule has 1 aromatic rings. The van der Waals surface area contributed by atoms with Crippen molar-refractivity contribution < 1.29 is 9.53 Å². The summed E-state index contributed by atoms with van der Waals surface area (Å²) < 4.78 is 5.64. The second-order valence-corrected chi connectivity index (χ2v) is 4.78. The van der Waals surface area contributed by atoms with Crippen molar-refractivity contribution in [2.45, 2.75) is 51.9 Å². The first-order chi connectivity index (χ1) is 9.10. The number of rotatable bonds is 4. The Kier molecular flexibility index (Phi) is 4.31. The third-order valence-corrected chi connectivity index (χ3v) is 3.33. The minimum atomic E-state index is -0.336. The summed E-state index contributed by atoms with van der Waals surface area (Å²) in [7, 11) is 0. The van der Waals surface area contributed by atoms with Gasteiger partial charge >= 0.3 is 0 Å².